The summed E-state index contributed by atoms with van der Waals surface area (Å²) >= 11 is 1.26. The lowest BCUT2D eigenvalue weighted by atomic mass is 10.1. The van der Waals surface area contributed by atoms with Gasteiger partial charge in [-0.2, -0.15) is 0 Å². The van der Waals surface area contributed by atoms with Gasteiger partial charge in [-0.25, -0.2) is 4.98 Å². The van der Waals surface area contributed by atoms with Crippen LogP contribution in [0.15, 0.2) is 40.8 Å². The van der Waals surface area contributed by atoms with Crippen molar-refractivity contribution in [3.63, 3.8) is 0 Å². The molecule has 0 atom stereocenters. The van der Waals surface area contributed by atoms with Crippen molar-refractivity contribution < 1.29 is 14.5 Å². The number of carbonyl (C=O) groups excluding carboxylic acids is 1. The van der Waals surface area contributed by atoms with Crippen LogP contribution in [0.2, 0.25) is 0 Å². The van der Waals surface area contributed by atoms with Gasteiger partial charge >= 0.3 is 5.97 Å². The lowest BCUT2D eigenvalue weighted by Gasteiger charge is -2.06. The van der Waals surface area contributed by atoms with Crippen molar-refractivity contribution in [3.05, 3.63) is 56.4 Å². The standard InChI is InChI=1S/C16H13N3O5S/c1-2-24-13(20)7-18-9-17-15-14(16(18)21)12(8-25-15)10-4-3-5-11(6-10)19(22)23/h3-6,8-9H,2,7H2,1H3. The Morgan fingerprint density at radius 2 is 2.24 bits per heavy atom. The maximum atomic E-state index is 12.7. The van der Waals surface area contributed by atoms with E-state index >= 15 is 0 Å². The van der Waals surface area contributed by atoms with E-state index in [1.165, 1.54) is 34.4 Å². The molecule has 0 spiro atoms. The van der Waals surface area contributed by atoms with Crippen molar-refractivity contribution >= 4 is 33.2 Å². The number of aromatic nitrogens is 2. The third-order valence-corrected chi connectivity index (χ3v) is 4.42. The predicted octanol–water partition coefficient (Wildman–Crippen LogP) is 2.60. The number of ether oxygens (including phenoxy) is 1. The average Bonchev–Trinajstić information content (AvgIpc) is 3.02. The Morgan fingerprint density at radius 1 is 1.44 bits per heavy atom. The van der Waals surface area contributed by atoms with Gasteiger partial charge in [-0.05, 0) is 12.5 Å². The number of non-ortho nitro benzene ring substituents is 1. The SMILES string of the molecule is CCOC(=O)Cn1cnc2scc(-c3cccc([N+](=O)[O-])c3)c2c1=O. The molecule has 8 nitrogen and oxygen atoms in total. The largest absolute Gasteiger partial charge is 0.465 e. The number of nitro groups is 1. The fourth-order valence-corrected chi connectivity index (χ4v) is 3.33. The van der Waals surface area contributed by atoms with Crippen LogP contribution >= 0.6 is 11.3 Å². The molecule has 0 unspecified atom stereocenters. The Hall–Kier alpha value is -3.07. The minimum atomic E-state index is -0.530. The third-order valence-electron chi connectivity index (χ3n) is 3.53. The van der Waals surface area contributed by atoms with Gasteiger partial charge in [0.25, 0.3) is 11.2 Å². The van der Waals surface area contributed by atoms with Gasteiger partial charge in [0, 0.05) is 23.1 Å². The Kier molecular flexibility index (Phi) is 4.57. The molecule has 3 rings (SSSR count). The maximum absolute atomic E-state index is 12.7. The predicted molar refractivity (Wildman–Crippen MR) is 92.6 cm³/mol. The highest BCUT2D eigenvalue weighted by Crippen LogP contribution is 2.32. The molecule has 0 saturated heterocycles. The van der Waals surface area contributed by atoms with Gasteiger partial charge in [-0.3, -0.25) is 24.3 Å². The van der Waals surface area contributed by atoms with Gasteiger partial charge < -0.3 is 4.74 Å². The molecule has 9 heteroatoms. The maximum Gasteiger partial charge on any atom is 0.326 e. The minimum Gasteiger partial charge on any atom is -0.465 e. The summed E-state index contributed by atoms with van der Waals surface area (Å²) in [5.41, 5.74) is 0.654. The van der Waals surface area contributed by atoms with E-state index in [1.54, 1.807) is 24.4 Å². The Balaban J connectivity index is 2.11. The van der Waals surface area contributed by atoms with Crippen molar-refractivity contribution in [1.82, 2.24) is 9.55 Å². The number of hydrogen-bond acceptors (Lipinski definition) is 7. The van der Waals surface area contributed by atoms with Crippen LogP contribution in [-0.4, -0.2) is 27.1 Å². The van der Waals surface area contributed by atoms with E-state index in [-0.39, 0.29) is 24.4 Å². The molecule has 0 saturated carbocycles. The first-order valence-electron chi connectivity index (χ1n) is 7.38. The molecule has 3 aromatic rings. The first kappa shape index (κ1) is 16.8. The summed E-state index contributed by atoms with van der Waals surface area (Å²) in [6, 6.07) is 6.04. The highest BCUT2D eigenvalue weighted by Gasteiger charge is 2.16. The highest BCUT2D eigenvalue weighted by molar-refractivity contribution is 7.17. The summed E-state index contributed by atoms with van der Waals surface area (Å²) in [5, 5.41) is 13.0. The Labute approximate surface area is 145 Å². The second-order valence-corrected chi connectivity index (χ2v) is 5.98. The number of carbonyl (C=O) groups is 1. The van der Waals surface area contributed by atoms with Gasteiger partial charge in [0.1, 0.15) is 11.4 Å². The van der Waals surface area contributed by atoms with Gasteiger partial charge in [-0.1, -0.05) is 12.1 Å². The molecule has 0 aliphatic heterocycles. The number of benzene rings is 1. The van der Waals surface area contributed by atoms with Crippen LogP contribution in [0.25, 0.3) is 21.3 Å². The zero-order valence-corrected chi connectivity index (χ0v) is 14.0. The summed E-state index contributed by atoms with van der Waals surface area (Å²) in [6.45, 7) is 1.67. The van der Waals surface area contributed by atoms with E-state index in [9.17, 15) is 19.7 Å². The number of thiophene rings is 1. The fourth-order valence-electron chi connectivity index (χ4n) is 2.43. The number of hydrogen-bond donors (Lipinski definition) is 0. The van der Waals surface area contributed by atoms with Crippen molar-refractivity contribution in [2.24, 2.45) is 0 Å². The molecule has 0 amide bonds. The molecule has 2 heterocycles. The fraction of sp³-hybridized carbons (Fsp3) is 0.188. The Morgan fingerprint density at radius 3 is 2.96 bits per heavy atom. The summed E-state index contributed by atoms with van der Waals surface area (Å²) in [6.07, 6.45) is 1.30. The molecule has 0 fully saturated rings. The summed E-state index contributed by atoms with van der Waals surface area (Å²) < 4.78 is 6.03. The highest BCUT2D eigenvalue weighted by atomic mass is 32.1. The van der Waals surface area contributed by atoms with Gasteiger partial charge in [0.15, 0.2) is 0 Å². The summed E-state index contributed by atoms with van der Waals surface area (Å²) in [7, 11) is 0. The van der Waals surface area contributed by atoms with E-state index in [4.69, 9.17) is 4.74 Å². The van der Waals surface area contributed by atoms with E-state index in [0.29, 0.717) is 21.3 Å². The van der Waals surface area contributed by atoms with Crippen LogP contribution < -0.4 is 5.56 Å². The number of esters is 1. The Bertz CT molecular complexity index is 1020. The average molecular weight is 359 g/mol. The molecular formula is C16H13N3O5S. The van der Waals surface area contributed by atoms with Crippen LogP contribution in [-0.2, 0) is 16.1 Å². The summed E-state index contributed by atoms with van der Waals surface area (Å²) in [4.78, 5) is 39.5. The van der Waals surface area contributed by atoms with E-state index in [2.05, 4.69) is 4.98 Å². The minimum absolute atomic E-state index is 0.0624. The lowest BCUT2D eigenvalue weighted by molar-refractivity contribution is -0.384. The third kappa shape index (κ3) is 3.26. The zero-order chi connectivity index (χ0) is 18.0. The number of nitro benzene ring substituents is 1. The second-order valence-electron chi connectivity index (χ2n) is 5.12. The number of rotatable bonds is 5. The van der Waals surface area contributed by atoms with Crippen LogP contribution in [0.5, 0.6) is 0 Å². The van der Waals surface area contributed by atoms with Crippen LogP contribution in [0, 0.1) is 10.1 Å². The van der Waals surface area contributed by atoms with Gasteiger partial charge in [0.2, 0.25) is 0 Å². The lowest BCUT2D eigenvalue weighted by Crippen LogP contribution is -2.25. The number of nitrogens with zero attached hydrogens (tertiary/aromatic N) is 3. The molecule has 0 aliphatic carbocycles. The molecule has 128 valence electrons. The molecule has 0 aliphatic rings. The van der Waals surface area contributed by atoms with Crippen molar-refractivity contribution in [3.8, 4) is 11.1 Å². The zero-order valence-electron chi connectivity index (χ0n) is 13.2. The first-order chi connectivity index (χ1) is 12.0. The smallest absolute Gasteiger partial charge is 0.326 e. The molecule has 25 heavy (non-hydrogen) atoms. The van der Waals surface area contributed by atoms with Crippen LogP contribution in [0.1, 0.15) is 6.92 Å². The van der Waals surface area contributed by atoms with Crippen LogP contribution in [0.3, 0.4) is 0 Å². The molecule has 0 radical (unpaired) electrons. The monoisotopic (exact) mass is 359 g/mol. The van der Waals surface area contributed by atoms with Crippen molar-refractivity contribution in [2.45, 2.75) is 13.5 Å². The van der Waals surface area contributed by atoms with E-state index in [1.807, 2.05) is 0 Å². The van der Waals surface area contributed by atoms with Crippen LogP contribution in [0.4, 0.5) is 5.69 Å². The number of fused-ring (bicyclic) bond motifs is 1. The van der Waals surface area contributed by atoms with Gasteiger partial charge in [-0.15, -0.1) is 11.3 Å². The normalized spacial score (nSPS) is 10.8. The molecule has 1 aromatic carbocycles. The molecule has 2 aromatic heterocycles. The van der Waals surface area contributed by atoms with E-state index < -0.39 is 10.9 Å². The molecular weight excluding hydrogens is 346 g/mol. The topological polar surface area (TPSA) is 104 Å². The van der Waals surface area contributed by atoms with Crippen molar-refractivity contribution in [2.75, 3.05) is 6.61 Å². The second kappa shape index (κ2) is 6.81. The van der Waals surface area contributed by atoms with E-state index in [0.717, 1.165) is 0 Å². The molecule has 0 bridgehead atoms. The van der Waals surface area contributed by atoms with Crippen molar-refractivity contribution in [1.29, 1.82) is 0 Å². The first-order valence-corrected chi connectivity index (χ1v) is 8.26. The summed E-state index contributed by atoms with van der Waals surface area (Å²) in [5.74, 6) is -0.530. The molecule has 0 N–H and O–H groups in total. The quantitative estimate of drug-likeness (QED) is 0.394. The van der Waals surface area contributed by atoms with Gasteiger partial charge in [0.05, 0.1) is 23.2 Å².